The summed E-state index contributed by atoms with van der Waals surface area (Å²) in [5, 5.41) is 10.8. The SMILES string of the molecule is Nc1nc(CSc2nncn2-c2cccc(Cl)c2)nc2sc3c(c12)CCCCC3. The van der Waals surface area contributed by atoms with Crippen LogP contribution in [0.2, 0.25) is 5.02 Å². The predicted octanol–water partition coefficient (Wildman–Crippen LogP) is 5.07. The van der Waals surface area contributed by atoms with E-state index in [0.29, 0.717) is 16.6 Å². The molecule has 0 bridgehead atoms. The van der Waals surface area contributed by atoms with Crippen molar-refractivity contribution in [3.8, 4) is 5.69 Å². The number of nitrogen functional groups attached to an aromatic ring is 1. The maximum Gasteiger partial charge on any atom is 0.196 e. The number of benzene rings is 1. The van der Waals surface area contributed by atoms with Gasteiger partial charge in [-0.25, -0.2) is 9.97 Å². The molecule has 6 nitrogen and oxygen atoms in total. The Balaban J connectivity index is 1.42. The molecule has 0 saturated carbocycles. The summed E-state index contributed by atoms with van der Waals surface area (Å²) in [4.78, 5) is 11.9. The lowest BCUT2D eigenvalue weighted by atomic mass is 10.1. The van der Waals surface area contributed by atoms with Crippen molar-refractivity contribution < 1.29 is 0 Å². The van der Waals surface area contributed by atoms with Gasteiger partial charge >= 0.3 is 0 Å². The molecule has 0 fully saturated rings. The molecule has 0 aliphatic heterocycles. The van der Waals surface area contributed by atoms with E-state index in [9.17, 15) is 0 Å². The van der Waals surface area contributed by atoms with Crippen molar-refractivity contribution >= 4 is 50.7 Å². The highest BCUT2D eigenvalue weighted by Crippen LogP contribution is 2.37. The zero-order valence-electron chi connectivity index (χ0n) is 15.6. The van der Waals surface area contributed by atoms with E-state index in [-0.39, 0.29) is 0 Å². The van der Waals surface area contributed by atoms with Gasteiger partial charge in [0.15, 0.2) is 5.16 Å². The number of aryl methyl sites for hydroxylation is 2. The second-order valence-corrected chi connectivity index (χ2v) is 9.48. The van der Waals surface area contributed by atoms with Crippen LogP contribution < -0.4 is 5.73 Å². The summed E-state index contributed by atoms with van der Waals surface area (Å²) in [5.74, 6) is 1.89. The van der Waals surface area contributed by atoms with Crippen LogP contribution in [0, 0.1) is 0 Å². The van der Waals surface area contributed by atoms with E-state index in [1.165, 1.54) is 41.5 Å². The molecule has 29 heavy (non-hydrogen) atoms. The van der Waals surface area contributed by atoms with Crippen molar-refractivity contribution in [2.45, 2.75) is 43.0 Å². The van der Waals surface area contributed by atoms with Crippen LogP contribution >= 0.6 is 34.7 Å². The van der Waals surface area contributed by atoms with Crippen LogP contribution in [-0.4, -0.2) is 24.7 Å². The third-order valence-electron chi connectivity index (χ3n) is 5.07. The van der Waals surface area contributed by atoms with Crippen LogP contribution in [0.1, 0.15) is 35.5 Å². The number of nitrogens with zero attached hydrogens (tertiary/aromatic N) is 5. The van der Waals surface area contributed by atoms with Gasteiger partial charge in [-0.3, -0.25) is 4.57 Å². The van der Waals surface area contributed by atoms with Crippen molar-refractivity contribution in [3.63, 3.8) is 0 Å². The zero-order valence-corrected chi connectivity index (χ0v) is 18.0. The fourth-order valence-corrected chi connectivity index (χ4v) is 5.98. The van der Waals surface area contributed by atoms with E-state index in [1.807, 2.05) is 28.8 Å². The van der Waals surface area contributed by atoms with Crippen LogP contribution in [0.4, 0.5) is 5.82 Å². The first-order valence-electron chi connectivity index (χ1n) is 9.54. The number of anilines is 1. The number of thioether (sulfide) groups is 1. The lowest BCUT2D eigenvalue weighted by molar-refractivity contribution is 0.713. The number of hydrogen-bond donors (Lipinski definition) is 1. The van der Waals surface area contributed by atoms with Crippen LogP contribution in [-0.2, 0) is 18.6 Å². The summed E-state index contributed by atoms with van der Waals surface area (Å²) in [7, 11) is 0. The Kier molecular flexibility index (Phi) is 5.15. The zero-order chi connectivity index (χ0) is 19.8. The van der Waals surface area contributed by atoms with Crippen molar-refractivity contribution in [1.29, 1.82) is 0 Å². The summed E-state index contributed by atoms with van der Waals surface area (Å²) in [5.41, 5.74) is 8.66. The Hall–Kier alpha value is -2.16. The minimum absolute atomic E-state index is 0.571. The molecule has 3 aromatic heterocycles. The maximum absolute atomic E-state index is 6.36. The van der Waals surface area contributed by atoms with Gasteiger partial charge in [0.05, 0.1) is 16.8 Å². The molecule has 2 N–H and O–H groups in total. The van der Waals surface area contributed by atoms with Gasteiger partial charge in [0.1, 0.15) is 22.8 Å². The number of rotatable bonds is 4. The first-order chi connectivity index (χ1) is 14.2. The lowest BCUT2D eigenvalue weighted by Gasteiger charge is -2.07. The van der Waals surface area contributed by atoms with Crippen molar-refractivity contribution in [2.75, 3.05) is 5.73 Å². The molecule has 0 saturated heterocycles. The van der Waals surface area contributed by atoms with Crippen LogP contribution in [0.15, 0.2) is 35.7 Å². The number of aromatic nitrogens is 5. The molecule has 3 heterocycles. The van der Waals surface area contributed by atoms with Crippen LogP contribution in [0.25, 0.3) is 15.9 Å². The summed E-state index contributed by atoms with van der Waals surface area (Å²) in [6.07, 6.45) is 7.64. The third kappa shape index (κ3) is 3.72. The van der Waals surface area contributed by atoms with Crippen molar-refractivity contribution in [2.24, 2.45) is 0 Å². The molecular weight excluding hydrogens is 424 g/mol. The van der Waals surface area contributed by atoms with Gasteiger partial charge in [0.25, 0.3) is 0 Å². The third-order valence-corrected chi connectivity index (χ3v) is 7.43. The molecular formula is C20H19ClN6S2. The quantitative estimate of drug-likeness (QED) is 0.351. The van der Waals surface area contributed by atoms with Gasteiger partial charge in [-0.05, 0) is 49.4 Å². The highest BCUT2D eigenvalue weighted by atomic mass is 35.5. The summed E-state index contributed by atoms with van der Waals surface area (Å²) >= 11 is 9.43. The minimum Gasteiger partial charge on any atom is -0.383 e. The molecule has 1 aromatic carbocycles. The fourth-order valence-electron chi connectivity index (χ4n) is 3.73. The molecule has 0 spiro atoms. The monoisotopic (exact) mass is 442 g/mol. The van der Waals surface area contributed by atoms with Gasteiger partial charge in [-0.2, -0.15) is 0 Å². The van der Waals surface area contributed by atoms with Gasteiger partial charge < -0.3 is 5.73 Å². The number of halogens is 1. The average molecular weight is 443 g/mol. The van der Waals surface area contributed by atoms with Gasteiger partial charge in [-0.15, -0.1) is 21.5 Å². The van der Waals surface area contributed by atoms with Crippen molar-refractivity contribution in [3.05, 3.63) is 51.9 Å². The van der Waals surface area contributed by atoms with Crippen molar-refractivity contribution in [1.82, 2.24) is 24.7 Å². The van der Waals surface area contributed by atoms with Gasteiger partial charge in [-0.1, -0.05) is 35.9 Å². The number of thiophene rings is 1. The predicted molar refractivity (Wildman–Crippen MR) is 119 cm³/mol. The number of nitrogens with two attached hydrogens (primary N) is 1. The van der Waals surface area contributed by atoms with E-state index in [0.717, 1.165) is 39.7 Å². The summed E-state index contributed by atoms with van der Waals surface area (Å²) in [6.45, 7) is 0. The molecule has 1 aliphatic rings. The highest BCUT2D eigenvalue weighted by molar-refractivity contribution is 7.98. The second-order valence-electron chi connectivity index (χ2n) is 7.02. The van der Waals surface area contributed by atoms with Gasteiger partial charge in [0.2, 0.25) is 0 Å². The Morgan fingerprint density at radius 1 is 1.17 bits per heavy atom. The molecule has 0 radical (unpaired) electrons. The van der Waals surface area contributed by atoms with Crippen LogP contribution in [0.5, 0.6) is 0 Å². The standard InChI is InChI=1S/C20H19ClN6S2/c21-12-5-4-6-13(9-12)27-11-23-26-20(27)28-10-16-24-18(22)17-14-7-2-1-3-8-15(14)29-19(17)25-16/h4-6,9,11H,1-3,7-8,10H2,(H2,22,24,25). The molecule has 0 amide bonds. The topological polar surface area (TPSA) is 82.5 Å². The normalized spacial score (nSPS) is 14.1. The van der Waals surface area contributed by atoms with E-state index in [2.05, 4.69) is 15.2 Å². The first-order valence-corrected chi connectivity index (χ1v) is 11.7. The Bertz CT molecular complexity index is 1190. The van der Waals surface area contributed by atoms with Gasteiger partial charge in [0, 0.05) is 9.90 Å². The van der Waals surface area contributed by atoms with E-state index < -0.39 is 0 Å². The molecule has 9 heteroatoms. The average Bonchev–Trinajstić information content (AvgIpc) is 3.25. The summed E-state index contributed by atoms with van der Waals surface area (Å²) < 4.78 is 1.91. The molecule has 0 atom stereocenters. The highest BCUT2D eigenvalue weighted by Gasteiger charge is 2.19. The second kappa shape index (κ2) is 7.93. The maximum atomic E-state index is 6.36. The molecule has 5 rings (SSSR count). The van der Waals surface area contributed by atoms with E-state index in [1.54, 1.807) is 17.7 Å². The summed E-state index contributed by atoms with van der Waals surface area (Å²) in [6, 6.07) is 7.61. The molecule has 0 unspecified atom stereocenters. The smallest absolute Gasteiger partial charge is 0.196 e. The van der Waals surface area contributed by atoms with Crippen LogP contribution in [0.3, 0.4) is 0 Å². The number of fused-ring (bicyclic) bond motifs is 3. The molecule has 1 aliphatic carbocycles. The van der Waals surface area contributed by atoms with E-state index >= 15 is 0 Å². The fraction of sp³-hybridized carbons (Fsp3) is 0.300. The Morgan fingerprint density at radius 3 is 2.97 bits per heavy atom. The molecule has 148 valence electrons. The lowest BCUT2D eigenvalue weighted by Crippen LogP contribution is -2.01. The van der Waals surface area contributed by atoms with E-state index in [4.69, 9.17) is 22.3 Å². The minimum atomic E-state index is 0.571. The Morgan fingerprint density at radius 2 is 2.07 bits per heavy atom. The first kappa shape index (κ1) is 18.8. The molecule has 4 aromatic rings. The number of hydrogen-bond acceptors (Lipinski definition) is 7. The Labute approximate surface area is 181 Å². The largest absolute Gasteiger partial charge is 0.383 e.